The zero-order chi connectivity index (χ0) is 13.9. The first-order valence-corrected chi connectivity index (χ1v) is 7.69. The van der Waals surface area contributed by atoms with Crippen molar-refractivity contribution in [2.75, 3.05) is 7.05 Å². The highest BCUT2D eigenvalue weighted by molar-refractivity contribution is 5.37. The first kappa shape index (κ1) is 13.4. The van der Waals surface area contributed by atoms with Gasteiger partial charge in [0, 0.05) is 6.42 Å². The normalized spacial score (nSPS) is 15.9. The van der Waals surface area contributed by atoms with Crippen LogP contribution in [0.5, 0.6) is 0 Å². The van der Waals surface area contributed by atoms with Crippen LogP contribution < -0.4 is 5.32 Å². The molecule has 0 bridgehead atoms. The molecule has 20 heavy (non-hydrogen) atoms. The summed E-state index contributed by atoms with van der Waals surface area (Å²) in [5.41, 5.74) is 4.37. The van der Waals surface area contributed by atoms with Gasteiger partial charge in [0.2, 0.25) is 0 Å². The van der Waals surface area contributed by atoms with Gasteiger partial charge in [-0.1, -0.05) is 25.1 Å². The zero-order valence-corrected chi connectivity index (χ0v) is 12.4. The summed E-state index contributed by atoms with van der Waals surface area (Å²) in [6.45, 7) is 2.12. The second-order valence-electron chi connectivity index (χ2n) is 5.61. The maximum absolute atomic E-state index is 5.92. The third kappa shape index (κ3) is 2.53. The molecule has 0 saturated carbocycles. The number of hydrogen-bond acceptors (Lipinski definition) is 2. The minimum Gasteiger partial charge on any atom is -0.464 e. The molecule has 1 aliphatic carbocycles. The van der Waals surface area contributed by atoms with E-state index >= 15 is 0 Å². The van der Waals surface area contributed by atoms with E-state index in [1.54, 1.807) is 0 Å². The summed E-state index contributed by atoms with van der Waals surface area (Å²) in [5.74, 6) is 2.07. The number of rotatable bonds is 4. The Morgan fingerprint density at radius 2 is 1.90 bits per heavy atom. The summed E-state index contributed by atoms with van der Waals surface area (Å²) < 4.78 is 5.92. The molecule has 1 aromatic carbocycles. The Bertz CT molecular complexity index is 585. The molecular weight excluding hydrogens is 246 g/mol. The van der Waals surface area contributed by atoms with Gasteiger partial charge in [0.05, 0.1) is 6.04 Å². The Kier molecular flexibility index (Phi) is 3.93. The largest absolute Gasteiger partial charge is 0.464 e. The summed E-state index contributed by atoms with van der Waals surface area (Å²) in [6.07, 6.45) is 6.06. The molecule has 0 aliphatic heterocycles. The van der Waals surface area contributed by atoms with Crippen molar-refractivity contribution >= 4 is 0 Å². The van der Waals surface area contributed by atoms with Crippen molar-refractivity contribution in [2.24, 2.45) is 0 Å². The number of nitrogens with one attached hydrogen (secondary N) is 1. The number of fused-ring (bicyclic) bond motifs is 1. The first-order chi connectivity index (χ1) is 9.81. The monoisotopic (exact) mass is 269 g/mol. The van der Waals surface area contributed by atoms with Crippen molar-refractivity contribution in [3.05, 3.63) is 58.5 Å². The lowest BCUT2D eigenvalue weighted by Gasteiger charge is -2.20. The fraction of sp³-hybridized carbons (Fsp3) is 0.444. The summed E-state index contributed by atoms with van der Waals surface area (Å²) in [5, 5.41) is 3.39. The van der Waals surface area contributed by atoms with E-state index in [-0.39, 0.29) is 6.04 Å². The zero-order valence-electron chi connectivity index (χ0n) is 12.4. The van der Waals surface area contributed by atoms with Crippen LogP contribution in [-0.4, -0.2) is 7.05 Å². The average Bonchev–Trinajstić information content (AvgIpc) is 2.97. The molecule has 1 heterocycles. The summed E-state index contributed by atoms with van der Waals surface area (Å²) in [7, 11) is 2.00. The predicted octanol–water partition coefficient (Wildman–Crippen LogP) is 4.03. The molecule has 1 aromatic heterocycles. The Hall–Kier alpha value is -1.54. The molecule has 2 heteroatoms. The molecule has 106 valence electrons. The molecule has 0 amide bonds. The van der Waals surface area contributed by atoms with Crippen LogP contribution >= 0.6 is 0 Å². The van der Waals surface area contributed by atoms with Gasteiger partial charge >= 0.3 is 0 Å². The van der Waals surface area contributed by atoms with E-state index in [2.05, 4.69) is 42.6 Å². The van der Waals surface area contributed by atoms with E-state index in [4.69, 9.17) is 4.42 Å². The van der Waals surface area contributed by atoms with Gasteiger partial charge in [0.1, 0.15) is 11.5 Å². The Labute approximate surface area is 121 Å². The van der Waals surface area contributed by atoms with Crippen molar-refractivity contribution < 1.29 is 4.42 Å². The molecule has 2 aromatic rings. The molecule has 1 atom stereocenters. The topological polar surface area (TPSA) is 25.2 Å². The molecule has 0 spiro atoms. The van der Waals surface area contributed by atoms with Gasteiger partial charge in [0.25, 0.3) is 0 Å². The van der Waals surface area contributed by atoms with Gasteiger partial charge in [0.15, 0.2) is 0 Å². The third-order valence-corrected chi connectivity index (χ3v) is 4.31. The van der Waals surface area contributed by atoms with E-state index < -0.39 is 0 Å². The Morgan fingerprint density at radius 3 is 2.60 bits per heavy atom. The summed E-state index contributed by atoms with van der Waals surface area (Å²) in [4.78, 5) is 0. The summed E-state index contributed by atoms with van der Waals surface area (Å²) in [6, 6.07) is 11.3. The van der Waals surface area contributed by atoms with E-state index in [0.29, 0.717) is 0 Å². The van der Waals surface area contributed by atoms with Crippen LogP contribution in [0.1, 0.15) is 54.0 Å². The smallest absolute Gasteiger partial charge is 0.125 e. The Morgan fingerprint density at radius 1 is 1.10 bits per heavy atom. The first-order valence-electron chi connectivity index (χ1n) is 7.69. The number of hydrogen-bond donors (Lipinski definition) is 1. The van der Waals surface area contributed by atoms with Crippen LogP contribution in [0, 0.1) is 0 Å². The maximum Gasteiger partial charge on any atom is 0.125 e. The van der Waals surface area contributed by atoms with E-state index in [1.165, 1.54) is 42.4 Å². The quantitative estimate of drug-likeness (QED) is 0.906. The second kappa shape index (κ2) is 5.84. The molecule has 0 saturated heterocycles. The van der Waals surface area contributed by atoms with E-state index in [1.807, 2.05) is 7.05 Å². The number of benzene rings is 1. The maximum atomic E-state index is 5.92. The lowest BCUT2D eigenvalue weighted by molar-refractivity contribution is 0.433. The van der Waals surface area contributed by atoms with Crippen LogP contribution in [-0.2, 0) is 19.3 Å². The molecule has 2 nitrogen and oxygen atoms in total. The SMILES string of the molecule is CCc1ccc(C(NC)c2ccc3c(c2)CCCC3)o1. The van der Waals surface area contributed by atoms with Gasteiger partial charge < -0.3 is 9.73 Å². The molecule has 1 unspecified atom stereocenters. The molecule has 3 rings (SSSR count). The van der Waals surface area contributed by atoms with Crippen molar-refractivity contribution in [3.63, 3.8) is 0 Å². The van der Waals surface area contributed by atoms with Gasteiger partial charge in [-0.3, -0.25) is 0 Å². The minimum absolute atomic E-state index is 0.155. The summed E-state index contributed by atoms with van der Waals surface area (Å²) >= 11 is 0. The van der Waals surface area contributed by atoms with Crippen LogP contribution in [0.4, 0.5) is 0 Å². The number of aryl methyl sites for hydroxylation is 3. The van der Waals surface area contributed by atoms with Crippen molar-refractivity contribution in [1.29, 1.82) is 0 Å². The highest BCUT2D eigenvalue weighted by Crippen LogP contribution is 2.28. The van der Waals surface area contributed by atoms with Gasteiger partial charge in [-0.15, -0.1) is 0 Å². The van der Waals surface area contributed by atoms with Crippen LogP contribution in [0.15, 0.2) is 34.7 Å². The average molecular weight is 269 g/mol. The standard InChI is InChI=1S/C18H23NO/c1-3-16-10-11-17(20-16)18(19-2)15-9-8-13-6-4-5-7-14(13)12-15/h8-12,18-19H,3-7H2,1-2H3. The molecule has 1 N–H and O–H groups in total. The van der Waals surface area contributed by atoms with Gasteiger partial charge in [-0.05, 0) is 61.6 Å². The third-order valence-electron chi connectivity index (χ3n) is 4.31. The molecule has 1 aliphatic rings. The van der Waals surface area contributed by atoms with Crippen molar-refractivity contribution in [1.82, 2.24) is 5.32 Å². The van der Waals surface area contributed by atoms with E-state index in [0.717, 1.165) is 17.9 Å². The second-order valence-corrected chi connectivity index (χ2v) is 5.61. The molecule has 0 radical (unpaired) electrons. The van der Waals surface area contributed by atoms with Crippen LogP contribution in [0.25, 0.3) is 0 Å². The van der Waals surface area contributed by atoms with Crippen LogP contribution in [0.2, 0.25) is 0 Å². The molecular formula is C18H23NO. The van der Waals surface area contributed by atoms with Crippen LogP contribution in [0.3, 0.4) is 0 Å². The predicted molar refractivity (Wildman–Crippen MR) is 82.1 cm³/mol. The lowest BCUT2D eigenvalue weighted by Crippen LogP contribution is -2.18. The van der Waals surface area contributed by atoms with Crippen molar-refractivity contribution in [2.45, 2.75) is 45.1 Å². The van der Waals surface area contributed by atoms with Crippen molar-refractivity contribution in [3.8, 4) is 0 Å². The fourth-order valence-corrected chi connectivity index (χ4v) is 3.15. The highest BCUT2D eigenvalue weighted by Gasteiger charge is 2.18. The van der Waals surface area contributed by atoms with Gasteiger partial charge in [-0.2, -0.15) is 0 Å². The molecule has 0 fully saturated rings. The lowest BCUT2D eigenvalue weighted by atomic mass is 9.89. The fourth-order valence-electron chi connectivity index (χ4n) is 3.15. The Balaban J connectivity index is 1.92. The highest BCUT2D eigenvalue weighted by atomic mass is 16.3. The van der Waals surface area contributed by atoms with Gasteiger partial charge in [-0.25, -0.2) is 0 Å². The number of furan rings is 1. The minimum atomic E-state index is 0.155. The van der Waals surface area contributed by atoms with E-state index in [9.17, 15) is 0 Å².